The van der Waals surface area contributed by atoms with Crippen LogP contribution in [0.4, 0.5) is 11.5 Å². The molecular formula is C15H13Cl2N3O3. The lowest BCUT2D eigenvalue weighted by Gasteiger charge is -2.06. The number of aromatic nitrogens is 1. The number of nitrogens with zero attached hydrogens (tertiary/aromatic N) is 1. The van der Waals surface area contributed by atoms with Crippen molar-refractivity contribution in [3.63, 3.8) is 0 Å². The molecule has 0 aliphatic heterocycles. The smallest absolute Gasteiger partial charge is 0.229 e. The summed E-state index contributed by atoms with van der Waals surface area (Å²) in [5.41, 5.74) is 0.505. The number of hydrogen-bond donors (Lipinski definition) is 2. The third-order valence-electron chi connectivity index (χ3n) is 3.47. The first kappa shape index (κ1) is 15.8. The van der Waals surface area contributed by atoms with Crippen LogP contribution in [0, 0.1) is 18.8 Å². The molecule has 0 bridgehead atoms. The zero-order valence-corrected chi connectivity index (χ0v) is 13.6. The summed E-state index contributed by atoms with van der Waals surface area (Å²) in [5.74, 6) is -0.284. The largest absolute Gasteiger partial charge is 0.360 e. The number of carbonyl (C=O) groups is 2. The molecule has 1 aromatic carbocycles. The van der Waals surface area contributed by atoms with E-state index in [2.05, 4.69) is 15.8 Å². The van der Waals surface area contributed by atoms with E-state index in [0.717, 1.165) is 0 Å². The van der Waals surface area contributed by atoms with Crippen molar-refractivity contribution in [2.24, 2.45) is 11.8 Å². The third-order valence-corrected chi connectivity index (χ3v) is 3.91. The minimum atomic E-state index is -0.374. The van der Waals surface area contributed by atoms with Gasteiger partial charge < -0.3 is 15.2 Å². The van der Waals surface area contributed by atoms with E-state index in [1.54, 1.807) is 31.2 Å². The number of carbonyl (C=O) groups excluding carboxylic acids is 2. The molecule has 2 unspecified atom stereocenters. The molecule has 1 fully saturated rings. The van der Waals surface area contributed by atoms with Crippen molar-refractivity contribution in [3.05, 3.63) is 40.1 Å². The highest BCUT2D eigenvalue weighted by Crippen LogP contribution is 2.40. The molecule has 1 aliphatic carbocycles. The molecule has 2 N–H and O–H groups in total. The van der Waals surface area contributed by atoms with Gasteiger partial charge in [0.15, 0.2) is 5.82 Å². The van der Waals surface area contributed by atoms with Crippen molar-refractivity contribution in [2.75, 3.05) is 10.6 Å². The third kappa shape index (κ3) is 3.83. The summed E-state index contributed by atoms with van der Waals surface area (Å²) in [5, 5.41) is 9.89. The monoisotopic (exact) mass is 353 g/mol. The van der Waals surface area contributed by atoms with E-state index in [4.69, 9.17) is 27.7 Å². The number of benzene rings is 1. The highest BCUT2D eigenvalue weighted by Gasteiger charge is 2.48. The van der Waals surface area contributed by atoms with Gasteiger partial charge in [-0.2, -0.15) is 0 Å². The second-order valence-corrected chi connectivity index (χ2v) is 6.28. The normalized spacial score (nSPS) is 19.3. The van der Waals surface area contributed by atoms with Crippen LogP contribution < -0.4 is 10.6 Å². The zero-order chi connectivity index (χ0) is 16.6. The van der Waals surface area contributed by atoms with E-state index in [-0.39, 0.29) is 23.7 Å². The van der Waals surface area contributed by atoms with Crippen LogP contribution in [0.25, 0.3) is 0 Å². The SMILES string of the molecule is Cc1cc(NC(=O)C2CC2C(=O)Nc2cc(Cl)cc(Cl)c2)no1. The van der Waals surface area contributed by atoms with Gasteiger partial charge in [-0.3, -0.25) is 9.59 Å². The molecule has 2 amide bonds. The van der Waals surface area contributed by atoms with Crippen molar-refractivity contribution in [3.8, 4) is 0 Å². The molecule has 0 saturated heterocycles. The van der Waals surface area contributed by atoms with Gasteiger partial charge in [0.25, 0.3) is 0 Å². The average Bonchev–Trinajstić information content (AvgIpc) is 3.16. The van der Waals surface area contributed by atoms with Crippen molar-refractivity contribution in [1.29, 1.82) is 0 Å². The van der Waals surface area contributed by atoms with Gasteiger partial charge in [0, 0.05) is 21.8 Å². The van der Waals surface area contributed by atoms with E-state index in [9.17, 15) is 9.59 Å². The summed E-state index contributed by atoms with van der Waals surface area (Å²) in [6.45, 7) is 1.73. The quantitative estimate of drug-likeness (QED) is 0.880. The Balaban J connectivity index is 1.57. The summed E-state index contributed by atoms with van der Waals surface area (Å²) >= 11 is 11.8. The van der Waals surface area contributed by atoms with Crippen LogP contribution in [0.3, 0.4) is 0 Å². The van der Waals surface area contributed by atoms with E-state index < -0.39 is 0 Å². The van der Waals surface area contributed by atoms with Crippen LogP contribution in [0.1, 0.15) is 12.2 Å². The number of anilines is 2. The Morgan fingerprint density at radius 1 is 1.09 bits per heavy atom. The molecule has 1 aliphatic rings. The highest BCUT2D eigenvalue weighted by molar-refractivity contribution is 6.35. The van der Waals surface area contributed by atoms with Gasteiger partial charge in [-0.15, -0.1) is 0 Å². The molecule has 120 valence electrons. The zero-order valence-electron chi connectivity index (χ0n) is 12.1. The summed E-state index contributed by atoms with van der Waals surface area (Å²) in [7, 11) is 0. The number of hydrogen-bond acceptors (Lipinski definition) is 4. The maximum absolute atomic E-state index is 12.2. The van der Waals surface area contributed by atoms with Crippen LogP contribution in [-0.4, -0.2) is 17.0 Å². The van der Waals surface area contributed by atoms with Gasteiger partial charge in [0.05, 0.1) is 11.8 Å². The van der Waals surface area contributed by atoms with Gasteiger partial charge in [0.2, 0.25) is 11.8 Å². The summed E-state index contributed by atoms with van der Waals surface area (Å²) in [4.78, 5) is 24.2. The van der Waals surface area contributed by atoms with Crippen molar-refractivity contribution in [1.82, 2.24) is 5.16 Å². The summed E-state index contributed by atoms with van der Waals surface area (Å²) in [6, 6.07) is 6.39. The topological polar surface area (TPSA) is 84.2 Å². The van der Waals surface area contributed by atoms with E-state index in [1.165, 1.54) is 0 Å². The predicted octanol–water partition coefficient (Wildman–Crippen LogP) is 3.50. The maximum Gasteiger partial charge on any atom is 0.229 e. The standard InChI is InChI=1S/C15H13Cl2N3O3/c1-7-2-13(20-23-7)19-15(22)12-6-11(12)14(21)18-10-4-8(16)3-9(17)5-10/h2-5,11-12H,6H2,1H3,(H,18,21)(H,19,20,22). The Morgan fingerprint density at radius 3 is 2.26 bits per heavy atom. The predicted molar refractivity (Wildman–Crippen MR) is 86.6 cm³/mol. The van der Waals surface area contributed by atoms with Gasteiger partial charge in [-0.1, -0.05) is 28.4 Å². The molecule has 0 radical (unpaired) electrons. The molecule has 1 saturated carbocycles. The Morgan fingerprint density at radius 2 is 1.70 bits per heavy atom. The lowest BCUT2D eigenvalue weighted by atomic mass is 10.2. The Kier molecular flexibility index (Phi) is 4.28. The fraction of sp³-hybridized carbons (Fsp3) is 0.267. The van der Waals surface area contributed by atoms with Crippen molar-refractivity contribution in [2.45, 2.75) is 13.3 Å². The Hall–Kier alpha value is -2.05. The van der Waals surface area contributed by atoms with Crippen LogP contribution in [-0.2, 0) is 9.59 Å². The number of amides is 2. The first-order chi connectivity index (χ1) is 10.9. The molecule has 2 aromatic rings. The lowest BCUT2D eigenvalue weighted by Crippen LogP contribution is -2.20. The van der Waals surface area contributed by atoms with Crippen LogP contribution in [0.15, 0.2) is 28.8 Å². The van der Waals surface area contributed by atoms with Crippen molar-refractivity contribution < 1.29 is 14.1 Å². The summed E-state index contributed by atoms with van der Waals surface area (Å²) in [6.07, 6.45) is 0.489. The van der Waals surface area contributed by atoms with Crippen LogP contribution >= 0.6 is 23.2 Å². The maximum atomic E-state index is 12.2. The molecule has 8 heteroatoms. The first-order valence-electron chi connectivity index (χ1n) is 6.93. The van der Waals surface area contributed by atoms with Crippen LogP contribution in [0.5, 0.6) is 0 Å². The average molecular weight is 354 g/mol. The fourth-order valence-electron chi connectivity index (χ4n) is 2.28. The second kappa shape index (κ2) is 6.22. The molecule has 1 heterocycles. The van der Waals surface area contributed by atoms with Gasteiger partial charge in [-0.25, -0.2) is 0 Å². The van der Waals surface area contributed by atoms with E-state index >= 15 is 0 Å². The molecule has 23 heavy (non-hydrogen) atoms. The second-order valence-electron chi connectivity index (χ2n) is 5.41. The van der Waals surface area contributed by atoms with Gasteiger partial charge >= 0.3 is 0 Å². The number of rotatable bonds is 4. The van der Waals surface area contributed by atoms with E-state index in [1.807, 2.05) is 0 Å². The lowest BCUT2D eigenvalue weighted by molar-refractivity contribution is -0.122. The number of nitrogens with one attached hydrogen (secondary N) is 2. The number of halogens is 2. The molecular weight excluding hydrogens is 341 g/mol. The minimum absolute atomic E-state index is 0.236. The van der Waals surface area contributed by atoms with Gasteiger partial charge in [-0.05, 0) is 31.5 Å². The van der Waals surface area contributed by atoms with Gasteiger partial charge in [0.1, 0.15) is 5.76 Å². The first-order valence-corrected chi connectivity index (χ1v) is 7.69. The Bertz CT molecular complexity index is 755. The molecule has 6 nitrogen and oxygen atoms in total. The molecule has 1 aromatic heterocycles. The molecule has 2 atom stereocenters. The van der Waals surface area contributed by atoms with Crippen molar-refractivity contribution >= 4 is 46.5 Å². The minimum Gasteiger partial charge on any atom is -0.360 e. The van der Waals surface area contributed by atoms with E-state index in [0.29, 0.717) is 33.7 Å². The molecule has 0 spiro atoms. The van der Waals surface area contributed by atoms with Crippen LogP contribution in [0.2, 0.25) is 10.0 Å². The fourth-order valence-corrected chi connectivity index (χ4v) is 2.81. The highest BCUT2D eigenvalue weighted by atomic mass is 35.5. The summed E-state index contributed by atoms with van der Waals surface area (Å²) < 4.78 is 4.87. The Labute approximate surface area is 142 Å². The number of aryl methyl sites for hydroxylation is 1. The molecule has 3 rings (SSSR count).